The number of likely N-dealkylation sites (tertiary alicyclic amines) is 1. The van der Waals surface area contributed by atoms with Crippen LogP contribution in [0.15, 0.2) is 16.8 Å². The van der Waals surface area contributed by atoms with Gasteiger partial charge in [0.05, 0.1) is 17.8 Å². The summed E-state index contributed by atoms with van der Waals surface area (Å²) in [7, 11) is 0. The van der Waals surface area contributed by atoms with Gasteiger partial charge in [0.1, 0.15) is 0 Å². The molecule has 1 aliphatic carbocycles. The summed E-state index contributed by atoms with van der Waals surface area (Å²) in [6.07, 6.45) is 8.16. The number of aryl methyl sites for hydroxylation is 2. The van der Waals surface area contributed by atoms with Crippen LogP contribution in [0.4, 0.5) is 0 Å². The summed E-state index contributed by atoms with van der Waals surface area (Å²) in [6.45, 7) is 5.15. The fourth-order valence-electron chi connectivity index (χ4n) is 4.25. The normalized spacial score (nSPS) is 21.9. The van der Waals surface area contributed by atoms with Crippen LogP contribution in [0.3, 0.4) is 0 Å². The maximum Gasteiger partial charge on any atom is 0.244 e. The van der Waals surface area contributed by atoms with Gasteiger partial charge in [-0.15, -0.1) is 0 Å². The first kappa shape index (κ1) is 15.0. The minimum atomic E-state index is 0.280. The number of nitrogens with zero attached hydrogens (tertiary/aromatic N) is 6. The van der Waals surface area contributed by atoms with E-state index in [2.05, 4.69) is 20.1 Å². The highest BCUT2D eigenvalue weighted by Gasteiger charge is 2.39. The Morgan fingerprint density at radius 1 is 1.12 bits per heavy atom. The van der Waals surface area contributed by atoms with Gasteiger partial charge in [-0.25, -0.2) is 9.50 Å². The molecule has 3 aromatic rings. The van der Waals surface area contributed by atoms with Gasteiger partial charge < -0.3 is 4.52 Å². The van der Waals surface area contributed by atoms with Crippen LogP contribution < -0.4 is 0 Å². The zero-order valence-corrected chi connectivity index (χ0v) is 14.6. The molecule has 1 saturated carbocycles. The third-order valence-electron chi connectivity index (χ3n) is 5.60. The second-order valence-electron chi connectivity index (χ2n) is 7.27. The van der Waals surface area contributed by atoms with Gasteiger partial charge in [-0.2, -0.15) is 10.1 Å². The molecule has 1 aliphatic heterocycles. The van der Waals surface area contributed by atoms with Crippen molar-refractivity contribution in [3.63, 3.8) is 0 Å². The van der Waals surface area contributed by atoms with E-state index in [1.54, 1.807) is 6.20 Å². The molecule has 130 valence electrons. The van der Waals surface area contributed by atoms with E-state index in [1.165, 1.54) is 25.7 Å². The summed E-state index contributed by atoms with van der Waals surface area (Å²) >= 11 is 0. The first-order valence-electron chi connectivity index (χ1n) is 9.12. The van der Waals surface area contributed by atoms with Crippen molar-refractivity contribution in [1.29, 1.82) is 0 Å². The van der Waals surface area contributed by atoms with Crippen molar-refractivity contribution in [3.05, 3.63) is 29.5 Å². The summed E-state index contributed by atoms with van der Waals surface area (Å²) < 4.78 is 7.45. The van der Waals surface area contributed by atoms with E-state index in [9.17, 15) is 0 Å². The molecule has 5 rings (SSSR count). The Bertz CT molecular complexity index is 923. The van der Waals surface area contributed by atoms with E-state index < -0.39 is 0 Å². The van der Waals surface area contributed by atoms with Crippen molar-refractivity contribution in [3.8, 4) is 11.4 Å². The van der Waals surface area contributed by atoms with Crippen LogP contribution in [0.25, 0.3) is 17.0 Å². The highest BCUT2D eigenvalue weighted by atomic mass is 16.5. The van der Waals surface area contributed by atoms with Crippen LogP contribution in [0, 0.1) is 13.8 Å². The lowest BCUT2D eigenvalue weighted by molar-refractivity contribution is 0.0224. The standard InChI is InChI=1S/C18H22N6O/c1-11-9-12(2)24-17(20-11)14(10-19-24)16-21-18(25-22-16)15-7-8-23(15)13-5-3-4-6-13/h9-10,13,15H,3-8H2,1-2H3. The maximum atomic E-state index is 5.62. The maximum absolute atomic E-state index is 5.62. The van der Waals surface area contributed by atoms with E-state index in [-0.39, 0.29) is 6.04 Å². The number of rotatable bonds is 3. The molecular weight excluding hydrogens is 316 g/mol. The zero-order chi connectivity index (χ0) is 17.0. The van der Waals surface area contributed by atoms with Crippen LogP contribution in [0.5, 0.6) is 0 Å². The Morgan fingerprint density at radius 2 is 1.96 bits per heavy atom. The Labute approximate surface area is 146 Å². The van der Waals surface area contributed by atoms with E-state index in [4.69, 9.17) is 9.51 Å². The largest absolute Gasteiger partial charge is 0.337 e. The average molecular weight is 338 g/mol. The summed E-state index contributed by atoms with van der Waals surface area (Å²) in [4.78, 5) is 11.8. The minimum Gasteiger partial charge on any atom is -0.337 e. The Hall–Kier alpha value is -2.28. The molecule has 2 fully saturated rings. The molecule has 7 heteroatoms. The lowest BCUT2D eigenvalue weighted by Crippen LogP contribution is -2.46. The van der Waals surface area contributed by atoms with Crippen molar-refractivity contribution in [2.75, 3.05) is 6.54 Å². The Balaban J connectivity index is 1.47. The number of aromatic nitrogens is 5. The minimum absolute atomic E-state index is 0.280. The van der Waals surface area contributed by atoms with Crippen LogP contribution in [0.2, 0.25) is 0 Å². The molecule has 0 bridgehead atoms. The molecule has 0 N–H and O–H groups in total. The molecule has 0 amide bonds. The summed E-state index contributed by atoms with van der Waals surface area (Å²) in [5, 5.41) is 8.65. The second kappa shape index (κ2) is 5.62. The first-order valence-corrected chi connectivity index (χ1v) is 9.12. The van der Waals surface area contributed by atoms with Crippen molar-refractivity contribution in [2.24, 2.45) is 0 Å². The quantitative estimate of drug-likeness (QED) is 0.731. The topological polar surface area (TPSA) is 72.3 Å². The number of hydrogen-bond acceptors (Lipinski definition) is 6. The SMILES string of the molecule is Cc1cc(C)n2ncc(-c3noc(C4CCN4C4CCCC4)n3)c2n1. The fourth-order valence-corrected chi connectivity index (χ4v) is 4.25. The van der Waals surface area contributed by atoms with Gasteiger partial charge in [0.25, 0.3) is 0 Å². The molecular formula is C18H22N6O. The molecule has 1 saturated heterocycles. The van der Waals surface area contributed by atoms with Crippen LogP contribution in [-0.2, 0) is 0 Å². The molecule has 1 atom stereocenters. The lowest BCUT2D eigenvalue weighted by Gasteiger charge is -2.42. The molecule has 3 aromatic heterocycles. The number of hydrogen-bond donors (Lipinski definition) is 0. The molecule has 7 nitrogen and oxygen atoms in total. The highest BCUT2D eigenvalue weighted by Crippen LogP contribution is 2.39. The highest BCUT2D eigenvalue weighted by molar-refractivity contribution is 5.72. The molecule has 0 aromatic carbocycles. The first-order chi connectivity index (χ1) is 12.2. The molecule has 0 radical (unpaired) electrons. The van der Waals surface area contributed by atoms with E-state index in [0.717, 1.165) is 41.5 Å². The molecule has 25 heavy (non-hydrogen) atoms. The number of fused-ring (bicyclic) bond motifs is 1. The monoisotopic (exact) mass is 338 g/mol. The fraction of sp³-hybridized carbons (Fsp3) is 0.556. The van der Waals surface area contributed by atoms with Crippen LogP contribution >= 0.6 is 0 Å². The van der Waals surface area contributed by atoms with E-state index in [1.807, 2.05) is 24.4 Å². The molecule has 4 heterocycles. The Morgan fingerprint density at radius 3 is 2.72 bits per heavy atom. The smallest absolute Gasteiger partial charge is 0.244 e. The lowest BCUT2D eigenvalue weighted by atomic mass is 9.98. The summed E-state index contributed by atoms with van der Waals surface area (Å²) in [5.41, 5.74) is 3.62. The summed E-state index contributed by atoms with van der Waals surface area (Å²) in [5.74, 6) is 1.32. The van der Waals surface area contributed by atoms with Gasteiger partial charge in [0.15, 0.2) is 5.65 Å². The van der Waals surface area contributed by atoms with Crippen LogP contribution in [-0.4, -0.2) is 42.2 Å². The van der Waals surface area contributed by atoms with Gasteiger partial charge in [0.2, 0.25) is 11.7 Å². The molecule has 1 unspecified atom stereocenters. The van der Waals surface area contributed by atoms with Crippen molar-refractivity contribution >= 4 is 5.65 Å². The predicted molar refractivity (Wildman–Crippen MR) is 92.1 cm³/mol. The zero-order valence-electron chi connectivity index (χ0n) is 14.6. The van der Waals surface area contributed by atoms with Gasteiger partial charge in [0, 0.05) is 24.0 Å². The average Bonchev–Trinajstić information content (AvgIpc) is 3.26. The van der Waals surface area contributed by atoms with Crippen molar-refractivity contribution < 1.29 is 4.52 Å². The van der Waals surface area contributed by atoms with Gasteiger partial charge >= 0.3 is 0 Å². The van der Waals surface area contributed by atoms with Crippen molar-refractivity contribution in [1.82, 2.24) is 29.6 Å². The van der Waals surface area contributed by atoms with Crippen molar-refractivity contribution in [2.45, 2.75) is 58.0 Å². The van der Waals surface area contributed by atoms with Gasteiger partial charge in [-0.3, -0.25) is 4.90 Å². The molecule has 0 spiro atoms. The third kappa shape index (κ3) is 2.37. The summed E-state index contributed by atoms with van der Waals surface area (Å²) in [6, 6.07) is 2.99. The van der Waals surface area contributed by atoms with Crippen LogP contribution in [0.1, 0.15) is 55.4 Å². The predicted octanol–water partition coefficient (Wildman–Crippen LogP) is 3.09. The van der Waals surface area contributed by atoms with E-state index >= 15 is 0 Å². The van der Waals surface area contributed by atoms with Gasteiger partial charge in [-0.05, 0) is 39.2 Å². The van der Waals surface area contributed by atoms with Gasteiger partial charge in [-0.1, -0.05) is 18.0 Å². The Kier molecular flexibility index (Phi) is 3.38. The third-order valence-corrected chi connectivity index (χ3v) is 5.60. The second-order valence-corrected chi connectivity index (χ2v) is 7.27. The molecule has 2 aliphatic rings. The van der Waals surface area contributed by atoms with E-state index in [0.29, 0.717) is 11.9 Å².